The molecule has 0 aliphatic rings. The average Bonchev–Trinajstić information content (AvgIpc) is 2.11. The molecule has 2 heteroatoms. The lowest BCUT2D eigenvalue weighted by molar-refractivity contribution is 0.112. The monoisotopic (exact) mass is 178 g/mol. The fraction of sp³-hybridized carbons (Fsp3) is 0.364. The summed E-state index contributed by atoms with van der Waals surface area (Å²) in [6.45, 7) is 3.96. The zero-order valence-electron chi connectivity index (χ0n) is 8.00. The van der Waals surface area contributed by atoms with Crippen molar-refractivity contribution in [1.82, 2.24) is 0 Å². The van der Waals surface area contributed by atoms with Gasteiger partial charge in [-0.15, -0.1) is 0 Å². The largest absolute Gasteiger partial charge is 0.507 e. The molecule has 0 aromatic heterocycles. The Bertz CT molecular complexity index is 316. The summed E-state index contributed by atoms with van der Waals surface area (Å²) in [6, 6.07) is 3.46. The first-order chi connectivity index (χ1) is 6.20. The molecule has 0 fully saturated rings. The van der Waals surface area contributed by atoms with Gasteiger partial charge in [-0.05, 0) is 30.5 Å². The number of carbonyl (C=O) groups excluding carboxylic acids is 1. The maximum atomic E-state index is 10.6. The number of hydrogen-bond donors (Lipinski definition) is 1. The zero-order valence-corrected chi connectivity index (χ0v) is 8.00. The summed E-state index contributed by atoms with van der Waals surface area (Å²) in [5, 5.41) is 9.35. The van der Waals surface area contributed by atoms with Crippen molar-refractivity contribution in [1.29, 1.82) is 0 Å². The number of benzene rings is 1. The molecule has 0 bridgehead atoms. The number of rotatable bonds is 3. The van der Waals surface area contributed by atoms with Gasteiger partial charge in [0.05, 0.1) is 5.56 Å². The van der Waals surface area contributed by atoms with Crippen molar-refractivity contribution in [2.75, 3.05) is 0 Å². The summed E-state index contributed by atoms with van der Waals surface area (Å²) >= 11 is 0. The molecule has 0 heterocycles. The Morgan fingerprint density at radius 3 is 2.69 bits per heavy atom. The van der Waals surface area contributed by atoms with Crippen LogP contribution in [0.3, 0.4) is 0 Å². The molecule has 2 nitrogen and oxygen atoms in total. The van der Waals surface area contributed by atoms with E-state index in [0.29, 0.717) is 11.8 Å². The van der Waals surface area contributed by atoms with Crippen LogP contribution in [0.5, 0.6) is 5.75 Å². The molecule has 70 valence electrons. The SMILES string of the molecule is CCCc1ccc(O)c(C=O)c1C. The molecule has 13 heavy (non-hydrogen) atoms. The second kappa shape index (κ2) is 4.08. The van der Waals surface area contributed by atoms with E-state index in [0.717, 1.165) is 24.0 Å². The standard InChI is InChI=1S/C11H14O2/c1-3-4-9-5-6-11(13)10(7-12)8(9)2/h5-7,13H,3-4H2,1-2H3. The number of hydrogen-bond acceptors (Lipinski definition) is 2. The van der Waals surface area contributed by atoms with Gasteiger partial charge in [-0.3, -0.25) is 4.79 Å². The van der Waals surface area contributed by atoms with E-state index >= 15 is 0 Å². The molecule has 1 N–H and O–H groups in total. The summed E-state index contributed by atoms with van der Waals surface area (Å²) in [5.41, 5.74) is 2.46. The molecule has 0 radical (unpaired) electrons. The highest BCUT2D eigenvalue weighted by Crippen LogP contribution is 2.22. The van der Waals surface area contributed by atoms with Gasteiger partial charge in [0, 0.05) is 0 Å². The molecule has 1 rings (SSSR count). The Morgan fingerprint density at radius 2 is 2.15 bits per heavy atom. The van der Waals surface area contributed by atoms with E-state index in [4.69, 9.17) is 0 Å². The molecule has 1 aromatic carbocycles. The maximum Gasteiger partial charge on any atom is 0.154 e. The molecule has 0 saturated heterocycles. The molecule has 0 unspecified atom stereocenters. The van der Waals surface area contributed by atoms with Crippen LogP contribution in [0.25, 0.3) is 0 Å². The highest BCUT2D eigenvalue weighted by Gasteiger charge is 2.07. The minimum absolute atomic E-state index is 0.0763. The number of carbonyl (C=O) groups is 1. The average molecular weight is 178 g/mol. The highest BCUT2D eigenvalue weighted by molar-refractivity contribution is 5.82. The second-order valence-corrected chi connectivity index (χ2v) is 3.15. The van der Waals surface area contributed by atoms with Gasteiger partial charge in [-0.1, -0.05) is 19.4 Å². The van der Waals surface area contributed by atoms with E-state index < -0.39 is 0 Å². The van der Waals surface area contributed by atoms with Crippen LogP contribution < -0.4 is 0 Å². The number of phenols is 1. The first-order valence-corrected chi connectivity index (χ1v) is 4.47. The molecule has 0 atom stereocenters. The number of aldehydes is 1. The Balaban J connectivity index is 3.19. The van der Waals surface area contributed by atoms with Gasteiger partial charge in [0.25, 0.3) is 0 Å². The van der Waals surface area contributed by atoms with E-state index in [2.05, 4.69) is 6.92 Å². The number of aryl methyl sites for hydroxylation is 1. The lowest BCUT2D eigenvalue weighted by Crippen LogP contribution is -1.94. The van der Waals surface area contributed by atoms with E-state index in [1.165, 1.54) is 0 Å². The third-order valence-corrected chi connectivity index (χ3v) is 2.24. The molecule has 0 saturated carbocycles. The Kier molecular flexibility index (Phi) is 3.07. The predicted octanol–water partition coefficient (Wildman–Crippen LogP) is 2.47. The van der Waals surface area contributed by atoms with Gasteiger partial charge in [0.1, 0.15) is 5.75 Å². The molecule has 0 amide bonds. The fourth-order valence-electron chi connectivity index (χ4n) is 1.45. The third-order valence-electron chi connectivity index (χ3n) is 2.24. The summed E-state index contributed by atoms with van der Waals surface area (Å²) in [4.78, 5) is 10.6. The maximum absolute atomic E-state index is 10.6. The van der Waals surface area contributed by atoms with Crippen LogP contribution in [0.15, 0.2) is 12.1 Å². The fourth-order valence-corrected chi connectivity index (χ4v) is 1.45. The van der Waals surface area contributed by atoms with Crippen molar-refractivity contribution in [3.05, 3.63) is 28.8 Å². The van der Waals surface area contributed by atoms with Crippen LogP contribution in [0.1, 0.15) is 34.8 Å². The first kappa shape index (κ1) is 9.78. The number of phenolic OH excluding ortho intramolecular Hbond substituents is 1. The second-order valence-electron chi connectivity index (χ2n) is 3.15. The zero-order chi connectivity index (χ0) is 9.84. The van der Waals surface area contributed by atoms with Gasteiger partial charge < -0.3 is 5.11 Å². The molecular formula is C11H14O2. The minimum atomic E-state index is 0.0763. The van der Waals surface area contributed by atoms with Crippen LogP contribution in [0.4, 0.5) is 0 Å². The number of aromatic hydroxyl groups is 1. The summed E-state index contributed by atoms with van der Waals surface area (Å²) in [5.74, 6) is 0.0763. The molecule has 0 spiro atoms. The van der Waals surface area contributed by atoms with Crippen molar-refractivity contribution in [2.45, 2.75) is 26.7 Å². The molecule has 0 aliphatic carbocycles. The summed E-state index contributed by atoms with van der Waals surface area (Å²) < 4.78 is 0. The van der Waals surface area contributed by atoms with E-state index in [9.17, 15) is 9.90 Å². The van der Waals surface area contributed by atoms with Gasteiger partial charge >= 0.3 is 0 Å². The predicted molar refractivity (Wildman–Crippen MR) is 52.2 cm³/mol. The lowest BCUT2D eigenvalue weighted by atomic mass is 9.99. The van der Waals surface area contributed by atoms with Gasteiger partial charge in [0.15, 0.2) is 6.29 Å². The normalized spacial score (nSPS) is 10.0. The topological polar surface area (TPSA) is 37.3 Å². The van der Waals surface area contributed by atoms with Crippen LogP contribution in [-0.4, -0.2) is 11.4 Å². The van der Waals surface area contributed by atoms with Crippen molar-refractivity contribution in [3.63, 3.8) is 0 Å². The van der Waals surface area contributed by atoms with E-state index in [1.807, 2.05) is 13.0 Å². The Labute approximate surface area is 78.2 Å². The lowest BCUT2D eigenvalue weighted by Gasteiger charge is -2.07. The molecule has 1 aromatic rings. The van der Waals surface area contributed by atoms with Crippen LogP contribution in [0, 0.1) is 6.92 Å². The molecule has 0 aliphatic heterocycles. The van der Waals surface area contributed by atoms with E-state index in [-0.39, 0.29) is 5.75 Å². The van der Waals surface area contributed by atoms with E-state index in [1.54, 1.807) is 6.07 Å². The van der Waals surface area contributed by atoms with Crippen molar-refractivity contribution < 1.29 is 9.90 Å². The van der Waals surface area contributed by atoms with Gasteiger partial charge in [-0.2, -0.15) is 0 Å². The van der Waals surface area contributed by atoms with Crippen molar-refractivity contribution in [3.8, 4) is 5.75 Å². The first-order valence-electron chi connectivity index (χ1n) is 4.47. The Hall–Kier alpha value is -1.31. The van der Waals surface area contributed by atoms with Gasteiger partial charge in [0.2, 0.25) is 0 Å². The van der Waals surface area contributed by atoms with Crippen molar-refractivity contribution in [2.24, 2.45) is 0 Å². The third kappa shape index (κ3) is 1.89. The highest BCUT2D eigenvalue weighted by atomic mass is 16.3. The van der Waals surface area contributed by atoms with Crippen LogP contribution in [0.2, 0.25) is 0 Å². The quantitative estimate of drug-likeness (QED) is 0.722. The van der Waals surface area contributed by atoms with Crippen LogP contribution in [-0.2, 0) is 6.42 Å². The van der Waals surface area contributed by atoms with Gasteiger partial charge in [-0.25, -0.2) is 0 Å². The summed E-state index contributed by atoms with van der Waals surface area (Å²) in [6.07, 6.45) is 2.71. The minimum Gasteiger partial charge on any atom is -0.507 e. The van der Waals surface area contributed by atoms with Crippen LogP contribution >= 0.6 is 0 Å². The molecular weight excluding hydrogens is 164 g/mol. The summed E-state index contributed by atoms with van der Waals surface area (Å²) in [7, 11) is 0. The van der Waals surface area contributed by atoms with Crippen molar-refractivity contribution >= 4 is 6.29 Å². The smallest absolute Gasteiger partial charge is 0.154 e. The Morgan fingerprint density at radius 1 is 1.46 bits per heavy atom.